The van der Waals surface area contributed by atoms with E-state index < -0.39 is 23.4 Å². The smallest absolute Gasteiger partial charge is 0.346 e. The Morgan fingerprint density at radius 3 is 2.40 bits per heavy atom. The number of Topliss-reactive ketones (excluding diaryl/α,β-unsaturated/α-hetero) is 1. The standard InChI is InChI=1S/C25H19F3N4O3/c1-13(2)18-8-19(20-11-30-12-31-21(18)20)22(33)16-7-17(10-29-9-16)32-24(35)15-5-3-4-14(6-15)23(34)25(26,27)28/h3-13H,1-2H3,(H,30,31)(H,32,35). The summed E-state index contributed by atoms with van der Waals surface area (Å²) in [5, 5.41) is 2.51. The summed E-state index contributed by atoms with van der Waals surface area (Å²) in [4.78, 5) is 48.5. The predicted octanol–water partition coefficient (Wildman–Crippen LogP) is 5.26. The van der Waals surface area contributed by atoms with E-state index in [2.05, 4.69) is 20.3 Å². The van der Waals surface area contributed by atoms with Gasteiger partial charge in [0.25, 0.3) is 11.7 Å². The van der Waals surface area contributed by atoms with E-state index in [1.54, 1.807) is 12.3 Å². The van der Waals surface area contributed by atoms with Gasteiger partial charge in [-0.25, -0.2) is 4.98 Å². The fourth-order valence-corrected chi connectivity index (χ4v) is 3.70. The van der Waals surface area contributed by atoms with Crippen LogP contribution in [-0.2, 0) is 0 Å². The number of hydrogen-bond acceptors (Lipinski definition) is 5. The van der Waals surface area contributed by atoms with E-state index in [0.29, 0.717) is 11.1 Å². The molecule has 0 spiro atoms. The average Bonchev–Trinajstić information content (AvgIpc) is 3.23. The lowest BCUT2D eigenvalue weighted by Crippen LogP contribution is -2.23. The average molecular weight is 480 g/mol. The zero-order chi connectivity index (χ0) is 25.3. The topological polar surface area (TPSA) is 105 Å². The van der Waals surface area contributed by atoms with E-state index in [-0.39, 0.29) is 28.5 Å². The van der Waals surface area contributed by atoms with Crippen molar-refractivity contribution in [2.45, 2.75) is 25.9 Å². The van der Waals surface area contributed by atoms with Crippen LogP contribution < -0.4 is 5.32 Å². The van der Waals surface area contributed by atoms with Crippen molar-refractivity contribution in [2.75, 3.05) is 5.32 Å². The SMILES string of the molecule is CC(C)c1cc(C(=O)c2cncc(NC(=O)c3cccc(C(=O)C(F)(F)F)c3)c2)c2cnc[nH]c1-2. The third-order valence-corrected chi connectivity index (χ3v) is 5.40. The fraction of sp³-hybridized carbons (Fsp3) is 0.160. The van der Waals surface area contributed by atoms with Crippen LogP contribution in [0.15, 0.2) is 61.3 Å². The van der Waals surface area contributed by atoms with Crippen LogP contribution >= 0.6 is 0 Å². The van der Waals surface area contributed by atoms with E-state index in [1.807, 2.05) is 13.8 Å². The molecule has 7 nitrogen and oxygen atoms in total. The number of anilines is 1. The Morgan fingerprint density at radius 1 is 0.943 bits per heavy atom. The highest BCUT2D eigenvalue weighted by Crippen LogP contribution is 2.35. The summed E-state index contributed by atoms with van der Waals surface area (Å²) in [6.45, 7) is 4.01. The molecule has 2 heterocycles. The number of fused-ring (bicyclic) bond motifs is 1. The molecule has 1 amide bonds. The lowest BCUT2D eigenvalue weighted by atomic mass is 10.0. The number of aromatic amines is 1. The van der Waals surface area contributed by atoms with Crippen molar-refractivity contribution in [1.82, 2.24) is 15.0 Å². The molecule has 0 atom stereocenters. The molecule has 4 rings (SSSR count). The van der Waals surface area contributed by atoms with Crippen molar-refractivity contribution in [1.29, 1.82) is 0 Å². The third kappa shape index (κ3) is 4.81. The zero-order valence-electron chi connectivity index (χ0n) is 18.6. The molecule has 1 aromatic heterocycles. The Kier molecular flexibility index (Phi) is 6.21. The third-order valence-electron chi connectivity index (χ3n) is 5.40. The fourth-order valence-electron chi connectivity index (χ4n) is 3.70. The van der Waals surface area contributed by atoms with Crippen LogP contribution in [0.1, 0.15) is 62.0 Å². The highest BCUT2D eigenvalue weighted by molar-refractivity contribution is 6.14. The number of carbonyl (C=O) groups is 3. The maximum atomic E-state index is 13.3. The Bertz CT molecular complexity index is 1410. The van der Waals surface area contributed by atoms with E-state index in [0.717, 1.165) is 23.4 Å². The molecule has 10 heteroatoms. The van der Waals surface area contributed by atoms with Crippen molar-refractivity contribution < 1.29 is 27.6 Å². The molecule has 2 N–H and O–H groups in total. The first kappa shape index (κ1) is 23.8. The van der Waals surface area contributed by atoms with Crippen LogP contribution in [0.5, 0.6) is 0 Å². The second kappa shape index (κ2) is 9.13. The number of nitrogens with one attached hydrogen (secondary N) is 2. The van der Waals surface area contributed by atoms with Crippen LogP contribution in [0.4, 0.5) is 18.9 Å². The van der Waals surface area contributed by atoms with Crippen molar-refractivity contribution in [3.63, 3.8) is 0 Å². The maximum absolute atomic E-state index is 13.3. The number of hydrogen-bond donors (Lipinski definition) is 2. The monoisotopic (exact) mass is 480 g/mol. The van der Waals surface area contributed by atoms with Gasteiger partial charge in [-0.3, -0.25) is 19.4 Å². The molecule has 1 aliphatic heterocycles. The minimum atomic E-state index is -5.05. The van der Waals surface area contributed by atoms with Crippen LogP contribution in [0.25, 0.3) is 11.3 Å². The van der Waals surface area contributed by atoms with E-state index in [1.165, 1.54) is 36.9 Å². The quantitative estimate of drug-likeness (QED) is 0.366. The van der Waals surface area contributed by atoms with Gasteiger partial charge in [0.2, 0.25) is 0 Å². The molecule has 2 aromatic rings. The number of rotatable bonds is 6. The number of halogens is 3. The number of alkyl halides is 3. The Labute approximate surface area is 197 Å². The van der Waals surface area contributed by atoms with Gasteiger partial charge in [0, 0.05) is 40.2 Å². The molecule has 0 unspecified atom stereocenters. The molecular weight excluding hydrogens is 461 g/mol. The molecule has 0 fully saturated rings. The van der Waals surface area contributed by atoms with Gasteiger partial charge >= 0.3 is 6.18 Å². The molecule has 178 valence electrons. The number of benzene rings is 1. The minimum Gasteiger partial charge on any atom is -0.346 e. The van der Waals surface area contributed by atoms with Crippen molar-refractivity contribution in [3.8, 4) is 11.3 Å². The normalized spacial score (nSPS) is 11.6. The van der Waals surface area contributed by atoms with E-state index >= 15 is 0 Å². The Hall–Kier alpha value is -4.34. The van der Waals surface area contributed by atoms with E-state index in [9.17, 15) is 27.6 Å². The zero-order valence-corrected chi connectivity index (χ0v) is 18.6. The molecule has 1 aromatic carbocycles. The van der Waals surface area contributed by atoms with Crippen LogP contribution in [0.3, 0.4) is 0 Å². The highest BCUT2D eigenvalue weighted by atomic mass is 19.4. The Balaban J connectivity index is 1.59. The highest BCUT2D eigenvalue weighted by Gasteiger charge is 2.39. The Morgan fingerprint density at radius 2 is 1.69 bits per heavy atom. The van der Waals surface area contributed by atoms with E-state index in [4.69, 9.17) is 0 Å². The summed E-state index contributed by atoms with van der Waals surface area (Å²) in [6, 6.07) is 7.52. The second-order valence-corrected chi connectivity index (χ2v) is 8.16. The number of nitrogens with zero attached hydrogens (tertiary/aromatic N) is 2. The van der Waals surface area contributed by atoms with Gasteiger partial charge in [-0.05, 0) is 35.7 Å². The van der Waals surface area contributed by atoms with Crippen LogP contribution in [-0.4, -0.2) is 38.6 Å². The number of ketones is 2. The second-order valence-electron chi connectivity index (χ2n) is 8.16. The molecule has 1 aliphatic carbocycles. The molecule has 0 saturated carbocycles. The van der Waals surface area contributed by atoms with Gasteiger partial charge in [0.05, 0.1) is 23.9 Å². The lowest BCUT2D eigenvalue weighted by Gasteiger charge is -2.09. The van der Waals surface area contributed by atoms with Crippen LogP contribution in [0.2, 0.25) is 0 Å². The number of H-pyrrole nitrogens is 1. The van der Waals surface area contributed by atoms with Gasteiger partial charge in [0.15, 0.2) is 5.78 Å². The summed E-state index contributed by atoms with van der Waals surface area (Å²) >= 11 is 0. The predicted molar refractivity (Wildman–Crippen MR) is 122 cm³/mol. The van der Waals surface area contributed by atoms with Crippen molar-refractivity contribution in [3.05, 3.63) is 89.1 Å². The van der Waals surface area contributed by atoms with Crippen molar-refractivity contribution >= 4 is 23.2 Å². The number of pyridine rings is 1. The van der Waals surface area contributed by atoms with Gasteiger partial charge < -0.3 is 10.3 Å². The van der Waals surface area contributed by atoms with Crippen LogP contribution in [0, 0.1) is 0 Å². The maximum Gasteiger partial charge on any atom is 0.454 e. The largest absolute Gasteiger partial charge is 0.454 e. The minimum absolute atomic E-state index is 0.151. The number of aromatic nitrogens is 3. The first-order valence-electron chi connectivity index (χ1n) is 10.5. The molecular formula is C25H19F3N4O3. The first-order valence-corrected chi connectivity index (χ1v) is 10.5. The lowest BCUT2D eigenvalue weighted by molar-refractivity contribution is -0.0885. The summed E-state index contributed by atoms with van der Waals surface area (Å²) < 4.78 is 38.2. The van der Waals surface area contributed by atoms with Gasteiger partial charge in [-0.1, -0.05) is 26.0 Å². The first-order chi connectivity index (χ1) is 16.6. The summed E-state index contributed by atoms with van der Waals surface area (Å²) in [5.41, 5.74) is 2.41. The number of amides is 1. The molecule has 2 aliphatic rings. The molecule has 0 radical (unpaired) electrons. The summed E-state index contributed by atoms with van der Waals surface area (Å²) in [5.74, 6) is -2.98. The molecule has 35 heavy (non-hydrogen) atoms. The van der Waals surface area contributed by atoms with Gasteiger partial charge in [0.1, 0.15) is 0 Å². The molecule has 0 saturated heterocycles. The molecule has 0 bridgehead atoms. The van der Waals surface area contributed by atoms with Gasteiger partial charge in [-0.15, -0.1) is 0 Å². The van der Waals surface area contributed by atoms with Gasteiger partial charge in [-0.2, -0.15) is 13.2 Å². The summed E-state index contributed by atoms with van der Waals surface area (Å²) in [7, 11) is 0. The number of carbonyl (C=O) groups excluding carboxylic acids is 3. The van der Waals surface area contributed by atoms with Crippen molar-refractivity contribution in [2.24, 2.45) is 0 Å². The summed E-state index contributed by atoms with van der Waals surface area (Å²) in [6.07, 6.45) is 0.740.